The molecule has 0 radical (unpaired) electrons. The Kier molecular flexibility index (Phi) is 7.37. The number of aromatic nitrogens is 2. The lowest BCUT2D eigenvalue weighted by molar-refractivity contribution is 0.359. The summed E-state index contributed by atoms with van der Waals surface area (Å²) in [7, 11) is 0. The maximum absolute atomic E-state index is 6.00. The van der Waals surface area contributed by atoms with E-state index < -0.39 is 0 Å². The van der Waals surface area contributed by atoms with Gasteiger partial charge in [0, 0.05) is 11.6 Å². The molecule has 2 nitrogen and oxygen atoms in total. The van der Waals surface area contributed by atoms with Crippen LogP contribution in [0.2, 0.25) is 5.15 Å². The van der Waals surface area contributed by atoms with Crippen molar-refractivity contribution in [2.45, 2.75) is 77.6 Å². The van der Waals surface area contributed by atoms with E-state index in [1.807, 2.05) is 6.20 Å². The van der Waals surface area contributed by atoms with E-state index in [0.717, 1.165) is 5.69 Å². The SMILES string of the molecule is CCCCCCC(C)(CCCC)c1cncc(Cl)n1. The summed E-state index contributed by atoms with van der Waals surface area (Å²) in [5.41, 5.74) is 1.19. The minimum absolute atomic E-state index is 0.127. The Morgan fingerprint density at radius 3 is 2.32 bits per heavy atom. The molecule has 0 aromatic carbocycles. The Morgan fingerprint density at radius 1 is 1.00 bits per heavy atom. The van der Waals surface area contributed by atoms with E-state index in [9.17, 15) is 0 Å². The molecule has 0 spiro atoms. The molecule has 19 heavy (non-hydrogen) atoms. The highest BCUT2D eigenvalue weighted by molar-refractivity contribution is 6.29. The molecule has 0 aliphatic rings. The average molecular weight is 283 g/mol. The summed E-state index contributed by atoms with van der Waals surface area (Å²) >= 11 is 6.00. The van der Waals surface area contributed by atoms with Crippen LogP contribution in [0.25, 0.3) is 0 Å². The van der Waals surface area contributed by atoms with Crippen LogP contribution in [-0.2, 0) is 5.41 Å². The normalized spacial score (nSPS) is 14.3. The number of hydrogen-bond donors (Lipinski definition) is 0. The quantitative estimate of drug-likeness (QED) is 0.555. The van der Waals surface area contributed by atoms with Gasteiger partial charge in [-0.15, -0.1) is 0 Å². The zero-order valence-electron chi connectivity index (χ0n) is 12.6. The second kappa shape index (κ2) is 8.52. The predicted molar refractivity (Wildman–Crippen MR) is 82.7 cm³/mol. The van der Waals surface area contributed by atoms with Crippen molar-refractivity contribution in [3.63, 3.8) is 0 Å². The van der Waals surface area contributed by atoms with Gasteiger partial charge in [0.05, 0.1) is 11.9 Å². The van der Waals surface area contributed by atoms with Crippen molar-refractivity contribution in [3.8, 4) is 0 Å². The molecule has 0 bridgehead atoms. The van der Waals surface area contributed by atoms with Gasteiger partial charge in [-0.1, -0.05) is 70.9 Å². The van der Waals surface area contributed by atoms with Crippen LogP contribution in [0.15, 0.2) is 12.4 Å². The van der Waals surface area contributed by atoms with Gasteiger partial charge in [0.15, 0.2) is 0 Å². The van der Waals surface area contributed by atoms with E-state index in [-0.39, 0.29) is 5.41 Å². The number of rotatable bonds is 9. The second-order valence-electron chi connectivity index (χ2n) is 5.70. The summed E-state index contributed by atoms with van der Waals surface area (Å²) < 4.78 is 0. The lowest BCUT2D eigenvalue weighted by Crippen LogP contribution is -2.24. The van der Waals surface area contributed by atoms with Gasteiger partial charge in [-0.25, -0.2) is 4.98 Å². The Balaban J connectivity index is 2.73. The van der Waals surface area contributed by atoms with Crippen LogP contribution in [0.5, 0.6) is 0 Å². The Hall–Kier alpha value is -0.630. The molecule has 0 aliphatic carbocycles. The van der Waals surface area contributed by atoms with Gasteiger partial charge in [0.1, 0.15) is 5.15 Å². The maximum Gasteiger partial charge on any atom is 0.147 e. The summed E-state index contributed by atoms with van der Waals surface area (Å²) in [6.45, 7) is 6.80. The van der Waals surface area contributed by atoms with Crippen molar-refractivity contribution in [1.29, 1.82) is 0 Å². The fraction of sp³-hybridized carbons (Fsp3) is 0.750. The van der Waals surface area contributed by atoms with Gasteiger partial charge < -0.3 is 0 Å². The zero-order chi connectivity index (χ0) is 14.1. The lowest BCUT2D eigenvalue weighted by atomic mass is 9.77. The van der Waals surface area contributed by atoms with Crippen LogP contribution in [0.1, 0.15) is 77.8 Å². The van der Waals surface area contributed by atoms with Crippen LogP contribution in [-0.4, -0.2) is 9.97 Å². The van der Waals surface area contributed by atoms with Crippen LogP contribution >= 0.6 is 11.6 Å². The summed E-state index contributed by atoms with van der Waals surface area (Å²) in [5, 5.41) is 0.508. The predicted octanol–water partition coefficient (Wildman–Crippen LogP) is 5.55. The van der Waals surface area contributed by atoms with Crippen LogP contribution in [0.3, 0.4) is 0 Å². The van der Waals surface area contributed by atoms with Gasteiger partial charge in [-0.05, 0) is 12.8 Å². The highest BCUT2D eigenvalue weighted by Crippen LogP contribution is 2.34. The fourth-order valence-corrected chi connectivity index (χ4v) is 2.67. The number of hydrogen-bond acceptors (Lipinski definition) is 2. The molecule has 108 valence electrons. The topological polar surface area (TPSA) is 25.8 Å². The second-order valence-corrected chi connectivity index (χ2v) is 6.09. The van der Waals surface area contributed by atoms with Crippen molar-refractivity contribution in [2.24, 2.45) is 0 Å². The first-order valence-corrected chi connectivity index (χ1v) is 7.98. The molecule has 0 aliphatic heterocycles. The number of unbranched alkanes of at least 4 members (excludes halogenated alkanes) is 4. The summed E-state index contributed by atoms with van der Waals surface area (Å²) in [5.74, 6) is 0. The molecular formula is C16H27ClN2. The van der Waals surface area contributed by atoms with E-state index in [4.69, 9.17) is 11.6 Å². The van der Waals surface area contributed by atoms with Gasteiger partial charge in [-0.3, -0.25) is 4.98 Å². The van der Waals surface area contributed by atoms with Crippen molar-refractivity contribution >= 4 is 11.6 Å². The molecule has 1 heterocycles. The zero-order valence-corrected chi connectivity index (χ0v) is 13.3. The molecule has 0 fully saturated rings. The third-order valence-electron chi connectivity index (χ3n) is 3.89. The van der Waals surface area contributed by atoms with Crippen LogP contribution in [0, 0.1) is 0 Å². The van der Waals surface area contributed by atoms with Crippen LogP contribution in [0.4, 0.5) is 0 Å². The third kappa shape index (κ3) is 5.48. The van der Waals surface area contributed by atoms with Gasteiger partial charge in [-0.2, -0.15) is 0 Å². The van der Waals surface area contributed by atoms with E-state index in [2.05, 4.69) is 30.7 Å². The third-order valence-corrected chi connectivity index (χ3v) is 4.07. The molecule has 1 unspecified atom stereocenters. The lowest BCUT2D eigenvalue weighted by Gasteiger charge is -2.29. The number of halogens is 1. The molecule has 0 N–H and O–H groups in total. The standard InChI is InChI=1S/C16H27ClN2/c1-4-6-8-9-11-16(3,10-7-5-2)14-12-18-13-15(17)19-14/h12-13H,4-11H2,1-3H3. The van der Waals surface area contributed by atoms with E-state index in [1.54, 1.807) is 6.20 Å². The molecule has 3 heteroatoms. The van der Waals surface area contributed by atoms with E-state index in [0.29, 0.717) is 5.15 Å². The first-order chi connectivity index (χ1) is 9.12. The van der Waals surface area contributed by atoms with Crippen molar-refractivity contribution in [3.05, 3.63) is 23.2 Å². The largest absolute Gasteiger partial charge is 0.260 e. The Bertz CT molecular complexity index is 368. The Morgan fingerprint density at radius 2 is 1.68 bits per heavy atom. The van der Waals surface area contributed by atoms with Crippen molar-refractivity contribution < 1.29 is 0 Å². The van der Waals surface area contributed by atoms with Gasteiger partial charge in [0.2, 0.25) is 0 Å². The summed E-state index contributed by atoms with van der Waals surface area (Å²) in [6.07, 6.45) is 13.5. The van der Waals surface area contributed by atoms with Crippen LogP contribution < -0.4 is 0 Å². The first-order valence-electron chi connectivity index (χ1n) is 7.60. The number of nitrogens with zero attached hydrogens (tertiary/aromatic N) is 2. The monoisotopic (exact) mass is 282 g/mol. The summed E-state index contributed by atoms with van der Waals surface area (Å²) in [4.78, 5) is 8.71. The smallest absolute Gasteiger partial charge is 0.147 e. The van der Waals surface area contributed by atoms with Crippen molar-refractivity contribution in [1.82, 2.24) is 9.97 Å². The molecular weight excluding hydrogens is 256 g/mol. The molecule has 1 aromatic rings. The molecule has 1 rings (SSSR count). The molecule has 0 saturated carbocycles. The maximum atomic E-state index is 6.00. The molecule has 1 aromatic heterocycles. The average Bonchev–Trinajstić information content (AvgIpc) is 2.41. The molecule has 0 saturated heterocycles. The van der Waals surface area contributed by atoms with Gasteiger partial charge >= 0.3 is 0 Å². The van der Waals surface area contributed by atoms with Gasteiger partial charge in [0.25, 0.3) is 0 Å². The minimum Gasteiger partial charge on any atom is -0.260 e. The Labute approximate surface area is 123 Å². The fourth-order valence-electron chi connectivity index (χ4n) is 2.52. The van der Waals surface area contributed by atoms with E-state index in [1.165, 1.54) is 51.4 Å². The highest BCUT2D eigenvalue weighted by atomic mass is 35.5. The first kappa shape index (κ1) is 16.4. The summed E-state index contributed by atoms with van der Waals surface area (Å²) in [6, 6.07) is 0. The van der Waals surface area contributed by atoms with E-state index >= 15 is 0 Å². The molecule has 1 atom stereocenters. The molecule has 0 amide bonds. The van der Waals surface area contributed by atoms with Crippen molar-refractivity contribution in [2.75, 3.05) is 0 Å². The highest BCUT2D eigenvalue weighted by Gasteiger charge is 2.27. The minimum atomic E-state index is 0.127.